The van der Waals surface area contributed by atoms with Crippen LogP contribution in [0.3, 0.4) is 0 Å². The van der Waals surface area contributed by atoms with Gasteiger partial charge in [0.25, 0.3) is 0 Å². The van der Waals surface area contributed by atoms with Crippen LogP contribution >= 0.6 is 0 Å². The molecule has 0 atom stereocenters. The van der Waals surface area contributed by atoms with Crippen LogP contribution in [0.4, 0.5) is 0 Å². The van der Waals surface area contributed by atoms with E-state index in [1.807, 2.05) is 32.0 Å². The van der Waals surface area contributed by atoms with Crippen molar-refractivity contribution in [1.82, 2.24) is 4.98 Å². The first-order valence-electron chi connectivity index (χ1n) is 6.07. The van der Waals surface area contributed by atoms with Crippen molar-refractivity contribution in [3.05, 3.63) is 53.3 Å². The van der Waals surface area contributed by atoms with Crippen LogP contribution in [-0.2, 0) is 6.61 Å². The van der Waals surface area contributed by atoms with Crippen molar-refractivity contribution in [3.63, 3.8) is 0 Å². The second-order valence-electron chi connectivity index (χ2n) is 4.49. The first-order valence-corrected chi connectivity index (χ1v) is 6.07. The van der Waals surface area contributed by atoms with Crippen LogP contribution in [0.15, 0.2) is 36.7 Å². The fraction of sp³-hybridized carbons (Fsp3) is 0.214. The first-order chi connectivity index (χ1) is 9.08. The van der Waals surface area contributed by atoms with Gasteiger partial charge in [-0.25, -0.2) is 0 Å². The van der Waals surface area contributed by atoms with Crippen molar-refractivity contribution in [2.24, 2.45) is 0 Å². The number of pyridine rings is 1. The number of aryl methyl sites for hydroxylation is 2. The van der Waals surface area contributed by atoms with E-state index in [9.17, 15) is 0 Å². The highest BCUT2D eigenvalue weighted by atomic mass is 16.5. The Kier molecular flexibility index (Phi) is 4.19. The summed E-state index contributed by atoms with van der Waals surface area (Å²) in [5, 5.41) is 18.2. The van der Waals surface area contributed by atoms with Gasteiger partial charge in [-0.1, -0.05) is 18.2 Å². The van der Waals surface area contributed by atoms with Crippen molar-refractivity contribution in [1.29, 1.82) is 0 Å². The average Bonchev–Trinajstić information content (AvgIpc) is 2.38. The lowest BCUT2D eigenvalue weighted by Gasteiger charge is -2.11. The van der Waals surface area contributed by atoms with E-state index >= 15 is 0 Å². The minimum absolute atomic E-state index is 0.319. The molecule has 0 bridgehead atoms. The number of aromatic nitrogens is 1. The summed E-state index contributed by atoms with van der Waals surface area (Å²) in [5.41, 5.74) is 3.80. The maximum Gasteiger partial charge on any atom is 0.490 e. The standard InChI is InChI=1S/C14H16BNO3/c1-10-4-3-5-11(2)14(10)9-19-13-6-12(15(17)18)7-16-8-13/h3-8,17-18H,9H2,1-2H3. The smallest absolute Gasteiger partial charge is 0.487 e. The Hall–Kier alpha value is -1.85. The molecule has 0 aliphatic carbocycles. The highest BCUT2D eigenvalue weighted by Gasteiger charge is 2.12. The van der Waals surface area contributed by atoms with E-state index in [4.69, 9.17) is 14.8 Å². The molecule has 1 aromatic carbocycles. The zero-order valence-electron chi connectivity index (χ0n) is 11.0. The van der Waals surface area contributed by atoms with E-state index in [-0.39, 0.29) is 0 Å². The molecule has 0 radical (unpaired) electrons. The second-order valence-corrected chi connectivity index (χ2v) is 4.49. The zero-order chi connectivity index (χ0) is 13.8. The van der Waals surface area contributed by atoms with E-state index in [1.165, 1.54) is 17.3 Å². The summed E-state index contributed by atoms with van der Waals surface area (Å²) < 4.78 is 5.66. The van der Waals surface area contributed by atoms with Gasteiger partial charge in [0.05, 0.1) is 6.20 Å². The van der Waals surface area contributed by atoms with Crippen LogP contribution < -0.4 is 10.2 Å². The number of nitrogens with zero attached hydrogens (tertiary/aromatic N) is 1. The molecule has 0 aliphatic heterocycles. The van der Waals surface area contributed by atoms with Crippen LogP contribution in [0.2, 0.25) is 0 Å². The first kappa shape index (κ1) is 13.6. The highest BCUT2D eigenvalue weighted by Crippen LogP contribution is 2.16. The summed E-state index contributed by atoms with van der Waals surface area (Å²) in [6, 6.07) is 7.67. The molecule has 5 heteroatoms. The molecule has 0 spiro atoms. The molecule has 0 aliphatic rings. The molecule has 0 unspecified atom stereocenters. The Bertz CT molecular complexity index is 552. The third-order valence-electron chi connectivity index (χ3n) is 3.06. The lowest BCUT2D eigenvalue weighted by atomic mass is 9.82. The topological polar surface area (TPSA) is 62.6 Å². The Morgan fingerprint density at radius 1 is 1.16 bits per heavy atom. The summed E-state index contributed by atoms with van der Waals surface area (Å²) in [7, 11) is -1.53. The van der Waals surface area contributed by atoms with E-state index in [1.54, 1.807) is 12.3 Å². The molecule has 1 aromatic heterocycles. The minimum atomic E-state index is -1.53. The Morgan fingerprint density at radius 3 is 2.47 bits per heavy atom. The van der Waals surface area contributed by atoms with Crippen molar-refractivity contribution >= 4 is 12.6 Å². The third kappa shape index (κ3) is 3.33. The number of ether oxygens (including phenoxy) is 1. The summed E-state index contributed by atoms with van der Waals surface area (Å²) >= 11 is 0. The van der Waals surface area contributed by atoms with Gasteiger partial charge in [0.2, 0.25) is 0 Å². The maximum atomic E-state index is 9.08. The second kappa shape index (κ2) is 5.86. The maximum absolute atomic E-state index is 9.08. The summed E-state index contributed by atoms with van der Waals surface area (Å²) in [5.74, 6) is 0.522. The molecule has 19 heavy (non-hydrogen) atoms. The lowest BCUT2D eigenvalue weighted by molar-refractivity contribution is 0.303. The number of hydrogen-bond donors (Lipinski definition) is 2. The van der Waals surface area contributed by atoms with Crippen molar-refractivity contribution in [2.45, 2.75) is 20.5 Å². The van der Waals surface area contributed by atoms with Gasteiger partial charge in [0, 0.05) is 11.7 Å². The summed E-state index contributed by atoms with van der Waals surface area (Å²) in [6.07, 6.45) is 2.95. The van der Waals surface area contributed by atoms with Gasteiger partial charge in [-0.2, -0.15) is 0 Å². The SMILES string of the molecule is Cc1cccc(C)c1COc1cncc(B(O)O)c1. The van der Waals surface area contributed by atoms with Crippen LogP contribution in [0.1, 0.15) is 16.7 Å². The highest BCUT2D eigenvalue weighted by molar-refractivity contribution is 6.58. The molecule has 0 saturated heterocycles. The molecule has 2 N–H and O–H groups in total. The number of hydrogen-bond acceptors (Lipinski definition) is 4. The lowest BCUT2D eigenvalue weighted by Crippen LogP contribution is -2.30. The summed E-state index contributed by atoms with van der Waals surface area (Å²) in [4.78, 5) is 3.92. The van der Waals surface area contributed by atoms with E-state index in [2.05, 4.69) is 4.98 Å². The quantitative estimate of drug-likeness (QED) is 0.801. The van der Waals surface area contributed by atoms with Crippen LogP contribution in [0.5, 0.6) is 5.75 Å². The zero-order valence-corrected chi connectivity index (χ0v) is 11.0. The number of rotatable bonds is 4. The molecular formula is C14H16BNO3. The Labute approximate surface area is 112 Å². The predicted molar refractivity (Wildman–Crippen MR) is 74.3 cm³/mol. The van der Waals surface area contributed by atoms with Crippen LogP contribution in [0, 0.1) is 13.8 Å². The normalized spacial score (nSPS) is 10.3. The fourth-order valence-electron chi connectivity index (χ4n) is 1.89. The largest absolute Gasteiger partial charge is 0.490 e. The van der Waals surface area contributed by atoms with Gasteiger partial charge in [-0.15, -0.1) is 0 Å². The van der Waals surface area contributed by atoms with Crippen molar-refractivity contribution < 1.29 is 14.8 Å². The van der Waals surface area contributed by atoms with E-state index in [0.717, 1.165) is 5.56 Å². The molecular weight excluding hydrogens is 241 g/mol. The van der Waals surface area contributed by atoms with Gasteiger partial charge < -0.3 is 14.8 Å². The van der Waals surface area contributed by atoms with Gasteiger partial charge in [-0.05, 0) is 36.6 Å². The van der Waals surface area contributed by atoms with Crippen LogP contribution in [0.25, 0.3) is 0 Å². The van der Waals surface area contributed by atoms with Crippen LogP contribution in [-0.4, -0.2) is 22.2 Å². The van der Waals surface area contributed by atoms with Crippen molar-refractivity contribution in [3.8, 4) is 5.75 Å². The monoisotopic (exact) mass is 257 g/mol. The van der Waals surface area contributed by atoms with Gasteiger partial charge in [0.15, 0.2) is 0 Å². The molecule has 2 rings (SSSR count). The molecule has 0 amide bonds. The molecule has 4 nitrogen and oxygen atoms in total. The third-order valence-corrected chi connectivity index (χ3v) is 3.06. The Balaban J connectivity index is 2.12. The van der Waals surface area contributed by atoms with Gasteiger partial charge in [-0.3, -0.25) is 4.98 Å². The molecule has 0 fully saturated rings. The van der Waals surface area contributed by atoms with E-state index in [0.29, 0.717) is 17.8 Å². The number of benzene rings is 1. The summed E-state index contributed by atoms with van der Waals surface area (Å²) in [6.45, 7) is 4.51. The molecule has 0 saturated carbocycles. The predicted octanol–water partition coefficient (Wildman–Crippen LogP) is 0.957. The van der Waals surface area contributed by atoms with Gasteiger partial charge >= 0.3 is 7.12 Å². The van der Waals surface area contributed by atoms with E-state index < -0.39 is 7.12 Å². The van der Waals surface area contributed by atoms with Crippen molar-refractivity contribution in [2.75, 3.05) is 0 Å². The average molecular weight is 257 g/mol. The molecule has 1 heterocycles. The molecule has 2 aromatic rings. The fourth-order valence-corrected chi connectivity index (χ4v) is 1.89. The molecule has 98 valence electrons. The Morgan fingerprint density at radius 2 is 1.84 bits per heavy atom. The minimum Gasteiger partial charge on any atom is -0.487 e. The van der Waals surface area contributed by atoms with Gasteiger partial charge in [0.1, 0.15) is 12.4 Å².